The molecule has 0 saturated carbocycles. The lowest BCUT2D eigenvalue weighted by Gasteiger charge is -2.27. The van der Waals surface area contributed by atoms with Gasteiger partial charge < -0.3 is 10.1 Å². The fraction of sp³-hybridized carbons (Fsp3) is 0.250. The number of amides is 1. The van der Waals surface area contributed by atoms with Gasteiger partial charge in [0.25, 0.3) is 0 Å². The molecule has 0 aliphatic carbocycles. The predicted octanol–water partition coefficient (Wildman–Crippen LogP) is 6.83. The maximum absolute atomic E-state index is 13.4. The largest absolute Gasteiger partial charge is 0.573 e. The Morgan fingerprint density at radius 3 is 2.57 bits per heavy atom. The summed E-state index contributed by atoms with van der Waals surface area (Å²) in [6.07, 6.45) is -3.32. The zero-order valence-electron chi connectivity index (χ0n) is 21.6. The number of fused-ring (bicyclic) bond motifs is 3. The van der Waals surface area contributed by atoms with E-state index in [1.165, 1.54) is 35.0 Å². The van der Waals surface area contributed by atoms with Gasteiger partial charge in [-0.3, -0.25) is 14.5 Å². The van der Waals surface area contributed by atoms with Crippen LogP contribution in [-0.4, -0.2) is 44.9 Å². The van der Waals surface area contributed by atoms with Crippen molar-refractivity contribution in [2.45, 2.75) is 32.0 Å². The minimum absolute atomic E-state index is 0.114. The summed E-state index contributed by atoms with van der Waals surface area (Å²) >= 11 is 5.92. The van der Waals surface area contributed by atoms with E-state index in [0.717, 1.165) is 17.8 Å². The second kappa shape index (κ2) is 11.6. The van der Waals surface area contributed by atoms with Crippen LogP contribution < -0.4 is 10.1 Å². The summed E-state index contributed by atoms with van der Waals surface area (Å²) in [4.78, 5) is 23.2. The molecule has 1 aliphatic rings. The number of rotatable bonds is 6. The molecule has 0 unspecified atom stereocenters. The van der Waals surface area contributed by atoms with E-state index in [4.69, 9.17) is 11.6 Å². The van der Waals surface area contributed by atoms with Gasteiger partial charge in [-0.2, -0.15) is 13.2 Å². The van der Waals surface area contributed by atoms with Crippen LogP contribution in [0.5, 0.6) is 5.75 Å². The predicted molar refractivity (Wildman–Crippen MR) is 143 cm³/mol. The normalized spacial score (nSPS) is 14.4. The van der Waals surface area contributed by atoms with Crippen molar-refractivity contribution in [3.8, 4) is 5.75 Å². The van der Waals surface area contributed by atoms with Crippen molar-refractivity contribution in [3.05, 3.63) is 94.2 Å². The van der Waals surface area contributed by atoms with E-state index in [-0.39, 0.29) is 17.2 Å². The van der Waals surface area contributed by atoms with Gasteiger partial charge in [-0.25, -0.2) is 9.78 Å². The second-order valence-electron chi connectivity index (χ2n) is 9.49. The summed E-state index contributed by atoms with van der Waals surface area (Å²) in [7, 11) is 0. The summed E-state index contributed by atoms with van der Waals surface area (Å²) in [6, 6.07) is 8.85. The number of halogens is 7. The van der Waals surface area contributed by atoms with Crippen LogP contribution in [0.3, 0.4) is 0 Å². The Labute approximate surface area is 240 Å². The van der Waals surface area contributed by atoms with Crippen molar-refractivity contribution in [1.82, 2.24) is 24.8 Å². The molecule has 0 saturated heterocycles. The number of nitrogens with zero attached hydrogens (tertiary/aromatic N) is 4. The summed E-state index contributed by atoms with van der Waals surface area (Å²) in [5.74, 6) is -0.455. The van der Waals surface area contributed by atoms with Gasteiger partial charge in [0.05, 0.1) is 16.8 Å². The molecule has 3 aromatic heterocycles. The summed E-state index contributed by atoms with van der Waals surface area (Å²) in [5, 5.41) is 3.64. The van der Waals surface area contributed by atoms with Crippen molar-refractivity contribution >= 4 is 34.6 Å². The lowest BCUT2D eigenvalue weighted by Crippen LogP contribution is -2.34. The van der Waals surface area contributed by atoms with Crippen LogP contribution >= 0.6 is 11.6 Å². The number of ether oxygens (including phenoxy) is 1. The number of pyridine rings is 2. The van der Waals surface area contributed by atoms with E-state index in [1.807, 2.05) is 4.90 Å². The maximum atomic E-state index is 13.4. The standard InChI is InChI=1S/C28H22ClF6N5O2/c29-25-12-17(7-9-36-25)14-38-26(41)40-23-8-11-39(10-1-2-19-4-3-18(15-37-19)27(30,31)32)16-22(23)21-6-5-20(13-24(21)40)42-28(33,34)35/h1-7,9,12-13,15H,8,10-11,14,16H2,(H,38,41). The second-order valence-corrected chi connectivity index (χ2v) is 9.88. The van der Waals surface area contributed by atoms with E-state index < -0.39 is 29.9 Å². The van der Waals surface area contributed by atoms with Crippen LogP contribution in [0, 0.1) is 0 Å². The van der Waals surface area contributed by atoms with Gasteiger partial charge in [-0.1, -0.05) is 17.7 Å². The number of carbonyl (C=O) groups is 1. The Balaban J connectivity index is 1.38. The number of carbonyl (C=O) groups excluding carboxylic acids is 1. The molecule has 14 heteroatoms. The fourth-order valence-electron chi connectivity index (χ4n) is 4.78. The molecule has 42 heavy (non-hydrogen) atoms. The van der Waals surface area contributed by atoms with Crippen LogP contribution in [0.2, 0.25) is 5.15 Å². The van der Waals surface area contributed by atoms with Crippen LogP contribution in [0.4, 0.5) is 31.1 Å². The monoisotopic (exact) mass is 609 g/mol. The third-order valence-electron chi connectivity index (χ3n) is 6.64. The molecular weight excluding hydrogens is 588 g/mol. The van der Waals surface area contributed by atoms with Crippen LogP contribution in [0.15, 0.2) is 60.9 Å². The molecule has 0 bridgehead atoms. The molecule has 4 heterocycles. The molecule has 5 rings (SSSR count). The van der Waals surface area contributed by atoms with Gasteiger partial charge in [-0.15, -0.1) is 13.2 Å². The summed E-state index contributed by atoms with van der Waals surface area (Å²) < 4.78 is 82.6. The van der Waals surface area contributed by atoms with Crippen molar-refractivity contribution in [2.75, 3.05) is 13.1 Å². The highest BCUT2D eigenvalue weighted by Crippen LogP contribution is 2.35. The molecule has 4 aromatic rings. The molecule has 0 spiro atoms. The Morgan fingerprint density at radius 2 is 1.88 bits per heavy atom. The highest BCUT2D eigenvalue weighted by molar-refractivity contribution is 6.29. The quantitative estimate of drug-likeness (QED) is 0.192. The first kappa shape index (κ1) is 29.4. The molecule has 1 amide bonds. The van der Waals surface area contributed by atoms with Crippen LogP contribution in [0.25, 0.3) is 17.0 Å². The molecule has 7 nitrogen and oxygen atoms in total. The first-order valence-electron chi connectivity index (χ1n) is 12.6. The van der Waals surface area contributed by atoms with Gasteiger partial charge in [0.15, 0.2) is 0 Å². The number of aromatic nitrogens is 3. The average molecular weight is 610 g/mol. The van der Waals surface area contributed by atoms with E-state index in [9.17, 15) is 31.1 Å². The number of hydrogen-bond donors (Lipinski definition) is 1. The first-order valence-corrected chi connectivity index (χ1v) is 13.0. The van der Waals surface area contributed by atoms with Crippen LogP contribution in [-0.2, 0) is 25.7 Å². The first-order chi connectivity index (χ1) is 19.9. The van der Waals surface area contributed by atoms with E-state index >= 15 is 0 Å². The van der Waals surface area contributed by atoms with Gasteiger partial charge in [-0.05, 0) is 53.6 Å². The number of benzene rings is 1. The average Bonchev–Trinajstić information content (AvgIpc) is 3.23. The van der Waals surface area contributed by atoms with Crippen molar-refractivity contribution < 1.29 is 35.9 Å². The van der Waals surface area contributed by atoms with E-state index in [0.29, 0.717) is 48.4 Å². The highest BCUT2D eigenvalue weighted by Gasteiger charge is 2.33. The Kier molecular flexibility index (Phi) is 8.15. The van der Waals surface area contributed by atoms with Crippen molar-refractivity contribution in [2.24, 2.45) is 0 Å². The van der Waals surface area contributed by atoms with Gasteiger partial charge in [0, 0.05) is 62.1 Å². The SMILES string of the molecule is O=C(NCc1ccnc(Cl)c1)n1c2c(c3ccc(OC(F)(F)F)cc31)CN(CC=Cc1ccc(C(F)(F)F)cn1)CC2. The zero-order chi connectivity index (χ0) is 30.1. The Hall–Kier alpha value is -4.10. The van der Waals surface area contributed by atoms with Gasteiger partial charge in [0.1, 0.15) is 10.9 Å². The smallest absolute Gasteiger partial charge is 0.406 e. The zero-order valence-corrected chi connectivity index (χ0v) is 22.4. The van der Waals surface area contributed by atoms with Crippen LogP contribution in [0.1, 0.15) is 28.1 Å². The van der Waals surface area contributed by atoms with Crippen molar-refractivity contribution in [3.63, 3.8) is 0 Å². The third-order valence-corrected chi connectivity index (χ3v) is 6.84. The van der Waals surface area contributed by atoms with Gasteiger partial charge >= 0.3 is 18.6 Å². The van der Waals surface area contributed by atoms with Gasteiger partial charge in [0.2, 0.25) is 0 Å². The summed E-state index contributed by atoms with van der Waals surface area (Å²) in [6.45, 7) is 1.45. The number of alkyl halides is 6. The topological polar surface area (TPSA) is 72.3 Å². The maximum Gasteiger partial charge on any atom is 0.573 e. The van der Waals surface area contributed by atoms with E-state index in [2.05, 4.69) is 20.0 Å². The lowest BCUT2D eigenvalue weighted by molar-refractivity contribution is -0.274. The molecule has 0 fully saturated rings. The molecule has 1 aromatic carbocycles. The molecular formula is C28H22ClF6N5O2. The molecule has 1 N–H and O–H groups in total. The fourth-order valence-corrected chi connectivity index (χ4v) is 4.98. The Morgan fingerprint density at radius 1 is 1.07 bits per heavy atom. The Bertz CT molecular complexity index is 1630. The molecule has 1 aliphatic heterocycles. The number of hydrogen-bond acceptors (Lipinski definition) is 5. The molecule has 0 atom stereocenters. The lowest BCUT2D eigenvalue weighted by atomic mass is 10.0. The third kappa shape index (κ3) is 6.85. The minimum Gasteiger partial charge on any atom is -0.406 e. The number of nitrogens with one attached hydrogen (secondary N) is 1. The minimum atomic E-state index is -4.90. The molecule has 220 valence electrons. The highest BCUT2D eigenvalue weighted by atomic mass is 35.5. The van der Waals surface area contributed by atoms with E-state index in [1.54, 1.807) is 24.3 Å². The molecule has 0 radical (unpaired) electrons. The van der Waals surface area contributed by atoms with Crippen molar-refractivity contribution in [1.29, 1.82) is 0 Å². The summed E-state index contributed by atoms with van der Waals surface area (Å²) in [5.41, 5.74) is 1.91.